The van der Waals surface area contributed by atoms with Crippen molar-refractivity contribution in [3.63, 3.8) is 0 Å². The number of hydrogen-bond acceptors (Lipinski definition) is 15. The van der Waals surface area contributed by atoms with Crippen LogP contribution in [0.5, 0.6) is 0 Å². The zero-order valence-corrected chi connectivity index (χ0v) is 68.7. The molecule has 19 heteroatoms. The SMILES string of the molecule is CCCCCCCCCCCCCCCCCCCCCCC(=O)O[C@H](COC(=O)CCCCCCCCCCCCCCCCCCCC)COP(=O)(O)OC[C@@H](O)COP(=O)(O)OC[C@@H](COC(=O)CCCCCCCCC(C)C)OC(=O)CCCCCCCCCCCCCCC(C)C. The van der Waals surface area contributed by atoms with Crippen LogP contribution in [-0.2, 0) is 65.4 Å². The summed E-state index contributed by atoms with van der Waals surface area (Å²) in [4.78, 5) is 73.1. The van der Waals surface area contributed by atoms with E-state index < -0.39 is 97.5 Å². The van der Waals surface area contributed by atoms with Crippen molar-refractivity contribution in [1.29, 1.82) is 0 Å². The number of rotatable bonds is 82. The number of phosphoric ester groups is 2. The maximum Gasteiger partial charge on any atom is 0.472 e. The number of hydrogen-bond donors (Lipinski definition) is 3. The van der Waals surface area contributed by atoms with Crippen LogP contribution in [0.4, 0.5) is 0 Å². The zero-order chi connectivity index (χ0) is 74.9. The van der Waals surface area contributed by atoms with Crippen molar-refractivity contribution in [2.75, 3.05) is 39.6 Å². The van der Waals surface area contributed by atoms with Gasteiger partial charge < -0.3 is 33.8 Å². The van der Waals surface area contributed by atoms with Gasteiger partial charge in [0.2, 0.25) is 0 Å². The van der Waals surface area contributed by atoms with Gasteiger partial charge in [-0.3, -0.25) is 37.3 Å². The first-order chi connectivity index (χ1) is 49.4. The van der Waals surface area contributed by atoms with Crippen LogP contribution >= 0.6 is 15.6 Å². The number of carbonyl (C=O) groups is 4. The fourth-order valence-corrected chi connectivity index (χ4v) is 14.5. The Balaban J connectivity index is 5.22. The van der Waals surface area contributed by atoms with Gasteiger partial charge in [-0.05, 0) is 37.5 Å². The van der Waals surface area contributed by atoms with Crippen molar-refractivity contribution in [2.24, 2.45) is 11.8 Å². The van der Waals surface area contributed by atoms with Crippen molar-refractivity contribution in [3.05, 3.63) is 0 Å². The second-order valence-electron chi connectivity index (χ2n) is 30.8. The first-order valence-electron chi connectivity index (χ1n) is 43.0. The molecule has 0 aliphatic heterocycles. The number of carbonyl (C=O) groups excluding carboxylic acids is 4. The van der Waals surface area contributed by atoms with Crippen LogP contribution < -0.4 is 0 Å². The molecule has 0 spiro atoms. The summed E-state index contributed by atoms with van der Waals surface area (Å²) in [6.45, 7) is 9.57. The molecule has 3 N–H and O–H groups in total. The number of aliphatic hydroxyl groups excluding tert-OH is 1. The standard InChI is InChI=1S/C83H162O17P2/c1-7-9-11-13-15-17-19-21-23-25-27-28-30-32-34-39-43-47-55-61-67-82(87)99-78(71-93-80(85)65-59-53-46-42-38-33-31-29-26-24-22-20-18-16-14-12-10-8-2)73-97-101(89,90)95-69-77(84)70-96-102(91,92)98-74-79(72-94-81(86)66-60-54-50-49-52-58-64-76(5)6)100-83(88)68-62-56-48-44-40-36-35-37-41-45-51-57-63-75(3)4/h75-79,84H,7-74H2,1-6H3,(H,89,90)(H,91,92)/t77-,78-,79-/m1/s1. The van der Waals surface area contributed by atoms with Gasteiger partial charge in [0.25, 0.3) is 0 Å². The summed E-state index contributed by atoms with van der Waals surface area (Å²) in [5, 5.41) is 10.6. The lowest BCUT2D eigenvalue weighted by Gasteiger charge is -2.21. The van der Waals surface area contributed by atoms with Gasteiger partial charge in [0.15, 0.2) is 12.2 Å². The molecule has 0 fully saturated rings. The Morgan fingerprint density at radius 3 is 0.667 bits per heavy atom. The van der Waals surface area contributed by atoms with E-state index >= 15 is 0 Å². The van der Waals surface area contributed by atoms with E-state index in [1.807, 2.05) is 0 Å². The summed E-state index contributed by atoms with van der Waals surface area (Å²) >= 11 is 0. The Labute approximate surface area is 626 Å². The van der Waals surface area contributed by atoms with Gasteiger partial charge in [-0.15, -0.1) is 0 Å². The second kappa shape index (κ2) is 74.5. The molecule has 0 aromatic rings. The largest absolute Gasteiger partial charge is 0.472 e. The molecule has 0 amide bonds. The quantitative estimate of drug-likeness (QED) is 0.0222. The predicted molar refractivity (Wildman–Crippen MR) is 418 cm³/mol. The lowest BCUT2D eigenvalue weighted by Crippen LogP contribution is -2.30. The molecule has 5 atom stereocenters. The summed E-state index contributed by atoms with van der Waals surface area (Å²) in [5.41, 5.74) is 0. The number of ether oxygens (including phenoxy) is 4. The third-order valence-electron chi connectivity index (χ3n) is 19.5. The first kappa shape index (κ1) is 100. The zero-order valence-electron chi connectivity index (χ0n) is 66.9. The number of aliphatic hydroxyl groups is 1. The first-order valence-corrected chi connectivity index (χ1v) is 46.0. The average molecular weight is 1490 g/mol. The normalized spacial score (nSPS) is 13.9. The van der Waals surface area contributed by atoms with E-state index in [4.69, 9.17) is 37.0 Å². The molecule has 0 bridgehead atoms. The van der Waals surface area contributed by atoms with Gasteiger partial charge in [0.1, 0.15) is 19.3 Å². The highest BCUT2D eigenvalue weighted by molar-refractivity contribution is 7.47. The van der Waals surface area contributed by atoms with E-state index in [1.54, 1.807) is 0 Å². The van der Waals surface area contributed by atoms with Gasteiger partial charge in [0, 0.05) is 25.7 Å². The van der Waals surface area contributed by atoms with E-state index in [1.165, 1.54) is 250 Å². The van der Waals surface area contributed by atoms with E-state index in [-0.39, 0.29) is 25.7 Å². The van der Waals surface area contributed by atoms with Gasteiger partial charge >= 0.3 is 39.5 Å². The lowest BCUT2D eigenvalue weighted by molar-refractivity contribution is -0.161. The molecule has 0 aliphatic carbocycles. The molecule has 0 aromatic heterocycles. The fourth-order valence-electron chi connectivity index (χ4n) is 12.9. The number of unbranched alkanes of at least 4 members (excludes halogenated alkanes) is 52. The monoisotopic (exact) mass is 1490 g/mol. The summed E-state index contributed by atoms with van der Waals surface area (Å²) in [7, 11) is -9.92. The van der Waals surface area contributed by atoms with Crippen LogP contribution in [0, 0.1) is 11.8 Å². The Bertz CT molecular complexity index is 1960. The van der Waals surface area contributed by atoms with Crippen LogP contribution in [0.1, 0.15) is 440 Å². The minimum Gasteiger partial charge on any atom is -0.462 e. The van der Waals surface area contributed by atoms with E-state index in [0.29, 0.717) is 31.6 Å². The van der Waals surface area contributed by atoms with E-state index in [0.717, 1.165) is 102 Å². The van der Waals surface area contributed by atoms with Crippen molar-refractivity contribution in [3.8, 4) is 0 Å². The van der Waals surface area contributed by atoms with Crippen LogP contribution in [0.2, 0.25) is 0 Å². The van der Waals surface area contributed by atoms with Crippen LogP contribution in [0.15, 0.2) is 0 Å². The summed E-state index contributed by atoms with van der Waals surface area (Å²) in [6, 6.07) is 0. The van der Waals surface area contributed by atoms with Crippen molar-refractivity contribution in [1.82, 2.24) is 0 Å². The van der Waals surface area contributed by atoms with Gasteiger partial charge in [-0.25, -0.2) is 9.13 Å². The van der Waals surface area contributed by atoms with Crippen LogP contribution in [0.3, 0.4) is 0 Å². The molecule has 0 rings (SSSR count). The molecule has 0 saturated heterocycles. The molecule has 102 heavy (non-hydrogen) atoms. The topological polar surface area (TPSA) is 237 Å². The summed E-state index contributed by atoms with van der Waals surface area (Å²) in [5.74, 6) is -0.653. The van der Waals surface area contributed by atoms with E-state index in [9.17, 15) is 43.2 Å². The summed E-state index contributed by atoms with van der Waals surface area (Å²) in [6.07, 6.45) is 65.5. The average Bonchev–Trinajstić information content (AvgIpc) is 0.911. The molecule has 0 saturated carbocycles. The summed E-state index contributed by atoms with van der Waals surface area (Å²) < 4.78 is 68.8. The molecule has 606 valence electrons. The Morgan fingerprint density at radius 2 is 0.451 bits per heavy atom. The Kier molecular flexibility index (Phi) is 73.1. The predicted octanol–water partition coefficient (Wildman–Crippen LogP) is 25.1. The lowest BCUT2D eigenvalue weighted by atomic mass is 10.0. The highest BCUT2D eigenvalue weighted by Gasteiger charge is 2.30. The Hall–Kier alpha value is -1.94. The molecule has 0 aromatic carbocycles. The highest BCUT2D eigenvalue weighted by Crippen LogP contribution is 2.45. The number of esters is 4. The smallest absolute Gasteiger partial charge is 0.462 e. The van der Waals surface area contributed by atoms with Gasteiger partial charge in [-0.2, -0.15) is 0 Å². The van der Waals surface area contributed by atoms with Crippen LogP contribution in [0.25, 0.3) is 0 Å². The second-order valence-corrected chi connectivity index (χ2v) is 33.7. The molecular weight excluding hydrogens is 1330 g/mol. The minimum atomic E-state index is -4.96. The molecular formula is C83H162O17P2. The minimum absolute atomic E-state index is 0.106. The molecule has 17 nitrogen and oxygen atoms in total. The van der Waals surface area contributed by atoms with Gasteiger partial charge in [0.05, 0.1) is 26.4 Å². The maximum atomic E-state index is 13.1. The van der Waals surface area contributed by atoms with Gasteiger partial charge in [-0.1, -0.05) is 388 Å². The highest BCUT2D eigenvalue weighted by atomic mass is 31.2. The van der Waals surface area contributed by atoms with Crippen molar-refractivity contribution in [2.45, 2.75) is 458 Å². The third kappa shape index (κ3) is 76.3. The Morgan fingerprint density at radius 1 is 0.265 bits per heavy atom. The molecule has 0 radical (unpaired) electrons. The molecule has 2 unspecified atom stereocenters. The van der Waals surface area contributed by atoms with Crippen LogP contribution in [-0.4, -0.2) is 96.7 Å². The van der Waals surface area contributed by atoms with Crippen molar-refractivity contribution < 1.29 is 80.2 Å². The van der Waals surface area contributed by atoms with E-state index in [2.05, 4.69) is 41.5 Å². The third-order valence-corrected chi connectivity index (χ3v) is 21.4. The molecule has 0 aliphatic rings. The number of phosphoric acid groups is 2. The molecule has 0 heterocycles. The maximum absolute atomic E-state index is 13.1. The van der Waals surface area contributed by atoms with Crippen molar-refractivity contribution >= 4 is 39.5 Å². The fraction of sp³-hybridized carbons (Fsp3) is 0.952.